The van der Waals surface area contributed by atoms with Crippen LogP contribution in [0.2, 0.25) is 0 Å². The summed E-state index contributed by atoms with van der Waals surface area (Å²) in [6.07, 6.45) is 0. The van der Waals surface area contributed by atoms with Gasteiger partial charge in [-0.1, -0.05) is 6.07 Å². The van der Waals surface area contributed by atoms with Gasteiger partial charge in [-0.25, -0.2) is 9.59 Å². The number of amides is 1. The number of ether oxygens (including phenoxy) is 3. The summed E-state index contributed by atoms with van der Waals surface area (Å²) in [5.74, 6) is -1.60. The Morgan fingerprint density at radius 1 is 1.00 bits per heavy atom. The van der Waals surface area contributed by atoms with Crippen molar-refractivity contribution in [1.82, 2.24) is 8.75 Å². The van der Waals surface area contributed by atoms with Gasteiger partial charge in [0.2, 0.25) is 0 Å². The van der Waals surface area contributed by atoms with Crippen LogP contribution in [0, 0.1) is 0 Å². The van der Waals surface area contributed by atoms with Crippen molar-refractivity contribution in [3.63, 3.8) is 0 Å². The second-order valence-electron chi connectivity index (χ2n) is 5.50. The standard InChI is InChI=1S/C18H15N3O6S/c1-25-17(23)10-6-11(18(24)26-2)8-12(7-10)27-9-15(22)19-13-4-3-5-14-16(13)21-28-20-14/h3-8H,9H2,1-2H3,(H,19,22). The molecule has 144 valence electrons. The highest BCUT2D eigenvalue weighted by Gasteiger charge is 2.15. The molecule has 1 amide bonds. The summed E-state index contributed by atoms with van der Waals surface area (Å²) in [5.41, 5.74) is 1.97. The predicted octanol–water partition coefficient (Wildman–Crippen LogP) is 2.28. The highest BCUT2D eigenvalue weighted by Crippen LogP contribution is 2.22. The molecule has 3 rings (SSSR count). The monoisotopic (exact) mass is 401 g/mol. The first-order valence-electron chi connectivity index (χ1n) is 7.97. The van der Waals surface area contributed by atoms with E-state index in [1.807, 2.05) is 0 Å². The molecule has 0 aliphatic carbocycles. The Morgan fingerprint density at radius 2 is 1.68 bits per heavy atom. The molecule has 0 aliphatic heterocycles. The fraction of sp³-hybridized carbons (Fsp3) is 0.167. The Bertz CT molecular complexity index is 1010. The van der Waals surface area contributed by atoms with Gasteiger partial charge in [-0.15, -0.1) is 0 Å². The number of anilines is 1. The molecule has 0 fully saturated rings. The minimum atomic E-state index is -0.650. The molecular weight excluding hydrogens is 386 g/mol. The Hall–Kier alpha value is -3.53. The van der Waals surface area contributed by atoms with Gasteiger partial charge in [-0.2, -0.15) is 8.75 Å². The number of carbonyl (C=O) groups is 3. The lowest BCUT2D eigenvalue weighted by atomic mass is 10.1. The van der Waals surface area contributed by atoms with Crippen molar-refractivity contribution in [2.75, 3.05) is 26.1 Å². The maximum absolute atomic E-state index is 12.2. The number of rotatable bonds is 6. The molecule has 10 heteroatoms. The van der Waals surface area contributed by atoms with Gasteiger partial charge in [0.1, 0.15) is 16.8 Å². The minimum Gasteiger partial charge on any atom is -0.484 e. The molecule has 1 heterocycles. The fourth-order valence-electron chi connectivity index (χ4n) is 2.40. The van der Waals surface area contributed by atoms with Crippen LogP contribution in [0.4, 0.5) is 5.69 Å². The van der Waals surface area contributed by atoms with E-state index in [1.54, 1.807) is 18.2 Å². The van der Waals surface area contributed by atoms with Gasteiger partial charge in [-0.3, -0.25) is 4.79 Å². The van der Waals surface area contributed by atoms with E-state index in [2.05, 4.69) is 23.5 Å². The summed E-state index contributed by atoms with van der Waals surface area (Å²) in [7, 11) is 2.43. The zero-order chi connectivity index (χ0) is 20.1. The molecule has 28 heavy (non-hydrogen) atoms. The minimum absolute atomic E-state index is 0.0964. The van der Waals surface area contributed by atoms with Gasteiger partial charge in [0.25, 0.3) is 5.91 Å². The van der Waals surface area contributed by atoms with Crippen molar-refractivity contribution in [1.29, 1.82) is 0 Å². The van der Waals surface area contributed by atoms with Crippen LogP contribution in [0.15, 0.2) is 36.4 Å². The SMILES string of the molecule is COC(=O)c1cc(OCC(=O)Nc2cccc3nsnc23)cc(C(=O)OC)c1. The lowest BCUT2D eigenvalue weighted by molar-refractivity contribution is -0.118. The fourth-order valence-corrected chi connectivity index (χ4v) is 2.95. The molecule has 1 N–H and O–H groups in total. The number of hydrogen-bond acceptors (Lipinski definition) is 9. The number of methoxy groups -OCH3 is 2. The van der Waals surface area contributed by atoms with Crippen molar-refractivity contribution >= 4 is 46.3 Å². The molecule has 0 bridgehead atoms. The molecule has 2 aromatic carbocycles. The van der Waals surface area contributed by atoms with E-state index in [9.17, 15) is 14.4 Å². The highest BCUT2D eigenvalue weighted by atomic mass is 32.1. The molecule has 0 saturated heterocycles. The number of aromatic nitrogens is 2. The third-order valence-electron chi connectivity index (χ3n) is 3.68. The maximum Gasteiger partial charge on any atom is 0.338 e. The smallest absolute Gasteiger partial charge is 0.338 e. The molecule has 0 saturated carbocycles. The Morgan fingerprint density at radius 3 is 2.32 bits per heavy atom. The lowest BCUT2D eigenvalue weighted by Crippen LogP contribution is -2.20. The lowest BCUT2D eigenvalue weighted by Gasteiger charge is -2.10. The van der Waals surface area contributed by atoms with Gasteiger partial charge in [0.15, 0.2) is 6.61 Å². The van der Waals surface area contributed by atoms with Crippen molar-refractivity contribution in [3.05, 3.63) is 47.5 Å². The summed E-state index contributed by atoms with van der Waals surface area (Å²) in [4.78, 5) is 35.8. The van der Waals surface area contributed by atoms with E-state index in [4.69, 9.17) is 4.74 Å². The summed E-state index contributed by atoms with van der Waals surface area (Å²) < 4.78 is 23.0. The second kappa shape index (κ2) is 8.44. The van der Waals surface area contributed by atoms with E-state index >= 15 is 0 Å². The number of benzene rings is 2. The summed E-state index contributed by atoms with van der Waals surface area (Å²) in [6, 6.07) is 9.31. The van der Waals surface area contributed by atoms with Crippen LogP contribution in [0.5, 0.6) is 5.75 Å². The van der Waals surface area contributed by atoms with E-state index in [1.165, 1.54) is 32.4 Å². The molecule has 0 aliphatic rings. The number of nitrogens with one attached hydrogen (secondary N) is 1. The van der Waals surface area contributed by atoms with Gasteiger partial charge in [-0.05, 0) is 30.3 Å². The van der Waals surface area contributed by atoms with E-state index in [-0.39, 0.29) is 23.5 Å². The third-order valence-corrected chi connectivity index (χ3v) is 4.22. The normalized spacial score (nSPS) is 10.4. The van der Waals surface area contributed by atoms with Crippen LogP contribution in [-0.2, 0) is 14.3 Å². The topological polar surface area (TPSA) is 117 Å². The molecule has 3 aromatic rings. The molecule has 0 unspecified atom stereocenters. The zero-order valence-electron chi connectivity index (χ0n) is 14.9. The average Bonchev–Trinajstić information content (AvgIpc) is 3.20. The van der Waals surface area contributed by atoms with Crippen LogP contribution in [0.25, 0.3) is 11.0 Å². The summed E-state index contributed by atoms with van der Waals surface area (Å²) in [6.45, 7) is -0.348. The van der Waals surface area contributed by atoms with Crippen LogP contribution < -0.4 is 10.1 Å². The Kier molecular flexibility index (Phi) is 5.80. The van der Waals surface area contributed by atoms with E-state index < -0.39 is 17.8 Å². The zero-order valence-corrected chi connectivity index (χ0v) is 15.7. The Labute approximate surface area is 163 Å². The number of hydrogen-bond donors (Lipinski definition) is 1. The van der Waals surface area contributed by atoms with Gasteiger partial charge in [0, 0.05) is 0 Å². The summed E-state index contributed by atoms with van der Waals surface area (Å²) >= 11 is 1.05. The van der Waals surface area contributed by atoms with Crippen LogP contribution >= 0.6 is 11.7 Å². The first-order chi connectivity index (χ1) is 13.5. The van der Waals surface area contributed by atoms with Crippen molar-refractivity contribution in [3.8, 4) is 5.75 Å². The first kappa shape index (κ1) is 19.2. The highest BCUT2D eigenvalue weighted by molar-refractivity contribution is 7.00. The summed E-state index contributed by atoms with van der Waals surface area (Å²) in [5, 5.41) is 2.70. The number of nitrogens with zero attached hydrogens (tertiary/aromatic N) is 2. The number of carbonyl (C=O) groups excluding carboxylic acids is 3. The molecule has 0 spiro atoms. The van der Waals surface area contributed by atoms with Crippen LogP contribution in [0.3, 0.4) is 0 Å². The number of esters is 2. The third kappa shape index (κ3) is 4.23. The van der Waals surface area contributed by atoms with Gasteiger partial charge >= 0.3 is 11.9 Å². The van der Waals surface area contributed by atoms with Crippen molar-refractivity contribution < 1.29 is 28.6 Å². The van der Waals surface area contributed by atoms with Gasteiger partial charge < -0.3 is 19.5 Å². The molecule has 0 radical (unpaired) electrons. The first-order valence-corrected chi connectivity index (χ1v) is 8.70. The Balaban J connectivity index is 1.74. The molecular formula is C18H15N3O6S. The molecule has 1 aromatic heterocycles. The predicted molar refractivity (Wildman–Crippen MR) is 101 cm³/mol. The molecule has 9 nitrogen and oxygen atoms in total. The van der Waals surface area contributed by atoms with Gasteiger partial charge in [0.05, 0.1) is 42.8 Å². The second-order valence-corrected chi connectivity index (χ2v) is 6.03. The van der Waals surface area contributed by atoms with Crippen LogP contribution in [0.1, 0.15) is 20.7 Å². The maximum atomic E-state index is 12.2. The van der Waals surface area contributed by atoms with Crippen molar-refractivity contribution in [2.24, 2.45) is 0 Å². The van der Waals surface area contributed by atoms with E-state index in [0.717, 1.165) is 11.7 Å². The number of fused-ring (bicyclic) bond motifs is 1. The van der Waals surface area contributed by atoms with E-state index in [0.29, 0.717) is 16.7 Å². The van der Waals surface area contributed by atoms with Crippen molar-refractivity contribution in [2.45, 2.75) is 0 Å². The van der Waals surface area contributed by atoms with Crippen LogP contribution in [-0.4, -0.2) is 47.4 Å². The molecule has 0 atom stereocenters. The average molecular weight is 401 g/mol. The largest absolute Gasteiger partial charge is 0.484 e. The quantitative estimate of drug-likeness (QED) is 0.625.